The highest BCUT2D eigenvalue weighted by molar-refractivity contribution is 6.03. The van der Waals surface area contributed by atoms with Crippen molar-refractivity contribution >= 4 is 28.9 Å². The number of nitrogens with one attached hydrogen (secondary N) is 1. The first-order chi connectivity index (χ1) is 23.0. The molecular formula is C35H34F3N5O5. The van der Waals surface area contributed by atoms with Gasteiger partial charge in [-0.3, -0.25) is 14.7 Å². The fourth-order valence-corrected chi connectivity index (χ4v) is 5.52. The molecule has 3 aromatic rings. The van der Waals surface area contributed by atoms with Gasteiger partial charge in [0.1, 0.15) is 17.1 Å². The maximum absolute atomic E-state index is 12.9. The maximum atomic E-state index is 12.9. The van der Waals surface area contributed by atoms with Crippen LogP contribution in [0.3, 0.4) is 0 Å². The molecule has 2 heterocycles. The number of nitriles is 1. The summed E-state index contributed by atoms with van der Waals surface area (Å²) in [5.41, 5.74) is 4.11. The molecule has 10 nitrogen and oxygen atoms in total. The number of allylic oxidation sites excluding steroid dienone is 3. The van der Waals surface area contributed by atoms with E-state index in [2.05, 4.69) is 26.1 Å². The first-order valence-electron chi connectivity index (χ1n) is 15.4. The van der Waals surface area contributed by atoms with Crippen LogP contribution in [0.1, 0.15) is 60.5 Å². The molecule has 0 saturated heterocycles. The predicted molar refractivity (Wildman–Crippen MR) is 172 cm³/mol. The third-order valence-corrected chi connectivity index (χ3v) is 7.90. The number of rotatable bonds is 9. The highest BCUT2D eigenvalue weighted by atomic mass is 19.4. The number of nitrogens with zero attached hydrogens (tertiary/aromatic N) is 4. The largest absolute Gasteiger partial charge is 0.572 e. The van der Waals surface area contributed by atoms with Gasteiger partial charge in [0.25, 0.3) is 5.91 Å². The van der Waals surface area contributed by atoms with Crippen molar-refractivity contribution in [1.29, 1.82) is 5.26 Å². The standard InChI is InChI=1S/C35H34F3N5O5/c1-21(2)27-17-22(19-39)18-28-31(27)47-33(42-28)24-11-9-23(10-12-24)32(44)40-15-6-16-43(34(45)46-3)30-14-13-25(20-41-30)26-7-4-5-8-29(26)48-35(36,37)38/h4,7,9-14,17-18,21,25H,5-6,8,15-16,20H2,1-3H3,(H,40,44). The predicted octanol–water partition coefficient (Wildman–Crippen LogP) is 7.40. The highest BCUT2D eigenvalue weighted by Gasteiger charge is 2.34. The monoisotopic (exact) mass is 661 g/mol. The number of aliphatic imine (C=N–C) groups is 1. The van der Waals surface area contributed by atoms with Gasteiger partial charge in [-0.1, -0.05) is 32.1 Å². The van der Waals surface area contributed by atoms with Crippen molar-refractivity contribution in [1.82, 2.24) is 15.2 Å². The fraction of sp³-hybridized carbons (Fsp3) is 0.343. The first kappa shape index (κ1) is 34.0. The van der Waals surface area contributed by atoms with Crippen LogP contribution in [0, 0.1) is 17.2 Å². The van der Waals surface area contributed by atoms with Gasteiger partial charge in [-0.05, 0) is 66.8 Å². The number of aromatic nitrogens is 1. The van der Waals surface area contributed by atoms with Crippen molar-refractivity contribution in [3.8, 4) is 17.5 Å². The lowest BCUT2D eigenvalue weighted by molar-refractivity contribution is -0.307. The van der Waals surface area contributed by atoms with Crippen LogP contribution >= 0.6 is 0 Å². The van der Waals surface area contributed by atoms with Crippen molar-refractivity contribution in [3.05, 3.63) is 88.7 Å². The summed E-state index contributed by atoms with van der Waals surface area (Å²) in [6.07, 6.45) is 2.21. The van der Waals surface area contributed by atoms with Crippen LogP contribution in [-0.2, 0) is 9.47 Å². The van der Waals surface area contributed by atoms with Gasteiger partial charge in [-0.25, -0.2) is 9.78 Å². The molecule has 48 heavy (non-hydrogen) atoms. The van der Waals surface area contributed by atoms with Gasteiger partial charge in [0.2, 0.25) is 5.89 Å². The number of ether oxygens (including phenoxy) is 2. The van der Waals surface area contributed by atoms with E-state index in [0.717, 1.165) is 5.56 Å². The average molecular weight is 662 g/mol. The Kier molecular flexibility index (Phi) is 10.3. The molecule has 0 radical (unpaired) electrons. The Labute approximate surface area is 275 Å². The molecule has 1 N–H and O–H groups in total. The second-order valence-electron chi connectivity index (χ2n) is 11.5. The number of hydrogen-bond acceptors (Lipinski definition) is 8. The van der Waals surface area contributed by atoms with Crippen molar-refractivity contribution in [3.63, 3.8) is 0 Å². The molecule has 1 atom stereocenters. The molecule has 2 aromatic carbocycles. The van der Waals surface area contributed by atoms with E-state index in [1.807, 2.05) is 13.8 Å². The smallest absolute Gasteiger partial charge is 0.452 e. The van der Waals surface area contributed by atoms with E-state index in [1.54, 1.807) is 60.7 Å². The van der Waals surface area contributed by atoms with Gasteiger partial charge in [0.05, 0.1) is 25.3 Å². The second kappa shape index (κ2) is 14.6. The first-order valence-corrected chi connectivity index (χ1v) is 15.4. The Morgan fingerprint density at radius 2 is 1.96 bits per heavy atom. The van der Waals surface area contributed by atoms with Gasteiger partial charge in [-0.2, -0.15) is 5.26 Å². The summed E-state index contributed by atoms with van der Waals surface area (Å²) in [5.74, 6) is -0.0632. The van der Waals surface area contributed by atoms with Crippen LogP contribution in [0.15, 0.2) is 81.4 Å². The molecule has 0 fully saturated rings. The SMILES string of the molecule is COC(=O)N(CCCNC(=O)c1ccc(-c2nc3cc(C#N)cc(C(C)C)c3o2)cc1)C1=NCC(C2=C(OC(F)(F)F)CCC=C2)C=C1. The number of dihydropyridines is 1. The molecule has 0 spiro atoms. The van der Waals surface area contributed by atoms with Crippen LogP contribution in [0.2, 0.25) is 0 Å². The summed E-state index contributed by atoms with van der Waals surface area (Å²) in [7, 11) is 1.24. The van der Waals surface area contributed by atoms with Crippen LogP contribution in [0.5, 0.6) is 0 Å². The van der Waals surface area contributed by atoms with E-state index in [9.17, 15) is 28.0 Å². The van der Waals surface area contributed by atoms with Crippen LogP contribution in [0.4, 0.5) is 18.0 Å². The summed E-state index contributed by atoms with van der Waals surface area (Å²) in [6, 6.07) is 12.4. The van der Waals surface area contributed by atoms with Gasteiger partial charge >= 0.3 is 12.5 Å². The molecule has 0 bridgehead atoms. The van der Waals surface area contributed by atoms with E-state index in [4.69, 9.17) is 9.15 Å². The number of amides is 2. The summed E-state index contributed by atoms with van der Waals surface area (Å²) in [6.45, 7) is 4.57. The number of amidine groups is 1. The number of alkyl halides is 3. The van der Waals surface area contributed by atoms with E-state index < -0.39 is 18.4 Å². The maximum Gasteiger partial charge on any atom is 0.572 e. The topological polar surface area (TPSA) is 130 Å². The zero-order valence-corrected chi connectivity index (χ0v) is 26.6. The molecule has 1 unspecified atom stereocenters. The summed E-state index contributed by atoms with van der Waals surface area (Å²) in [4.78, 5) is 35.7. The zero-order valence-electron chi connectivity index (χ0n) is 26.6. The number of carbonyl (C=O) groups is 2. The quantitative estimate of drug-likeness (QED) is 0.237. The van der Waals surface area contributed by atoms with E-state index in [0.29, 0.717) is 57.9 Å². The number of methoxy groups -OCH3 is 1. The minimum absolute atomic E-state index is 0.125. The molecule has 5 rings (SSSR count). The number of benzene rings is 2. The summed E-state index contributed by atoms with van der Waals surface area (Å²) >= 11 is 0. The third kappa shape index (κ3) is 7.94. The Bertz CT molecular complexity index is 1850. The number of carbonyl (C=O) groups excluding carboxylic acids is 2. The molecular weight excluding hydrogens is 627 g/mol. The minimum Gasteiger partial charge on any atom is -0.452 e. The van der Waals surface area contributed by atoms with Gasteiger partial charge in [-0.15, -0.1) is 13.2 Å². The molecule has 1 aliphatic heterocycles. The van der Waals surface area contributed by atoms with Crippen molar-refractivity contribution in [2.24, 2.45) is 10.9 Å². The number of hydrogen-bond donors (Lipinski definition) is 1. The number of oxazole rings is 1. The number of halogens is 3. The molecule has 250 valence electrons. The third-order valence-electron chi connectivity index (χ3n) is 7.90. The van der Waals surface area contributed by atoms with Gasteiger partial charge < -0.3 is 19.2 Å². The molecule has 2 aliphatic rings. The lowest BCUT2D eigenvalue weighted by atomic mass is 9.91. The van der Waals surface area contributed by atoms with E-state index in [-0.39, 0.29) is 43.6 Å². The van der Waals surface area contributed by atoms with Crippen molar-refractivity contribution in [2.75, 3.05) is 26.7 Å². The van der Waals surface area contributed by atoms with Gasteiger partial charge in [0.15, 0.2) is 5.58 Å². The normalized spacial score (nSPS) is 16.1. The van der Waals surface area contributed by atoms with E-state index >= 15 is 0 Å². The molecule has 13 heteroatoms. The van der Waals surface area contributed by atoms with Gasteiger partial charge in [0, 0.05) is 42.1 Å². The fourth-order valence-electron chi connectivity index (χ4n) is 5.52. The lowest BCUT2D eigenvalue weighted by Gasteiger charge is -2.27. The Hall–Kier alpha value is -5.38. The molecule has 0 saturated carbocycles. The summed E-state index contributed by atoms with van der Waals surface area (Å²) in [5, 5.41) is 12.2. The van der Waals surface area contributed by atoms with Crippen LogP contribution in [0.25, 0.3) is 22.6 Å². The highest BCUT2D eigenvalue weighted by Crippen LogP contribution is 2.34. The molecule has 1 aromatic heterocycles. The van der Waals surface area contributed by atoms with E-state index in [1.165, 1.54) is 12.0 Å². The Morgan fingerprint density at radius 1 is 1.19 bits per heavy atom. The van der Waals surface area contributed by atoms with Crippen LogP contribution < -0.4 is 5.32 Å². The molecule has 1 aliphatic carbocycles. The lowest BCUT2D eigenvalue weighted by Crippen LogP contribution is -2.39. The minimum atomic E-state index is -4.78. The Balaban J connectivity index is 1.17. The van der Waals surface area contributed by atoms with Crippen LogP contribution in [-0.4, -0.2) is 60.8 Å². The average Bonchev–Trinajstić information content (AvgIpc) is 3.51. The zero-order chi connectivity index (χ0) is 34.4. The molecule has 2 amide bonds. The summed E-state index contributed by atoms with van der Waals surface area (Å²) < 4.78 is 54.0. The van der Waals surface area contributed by atoms with Crippen molar-refractivity contribution in [2.45, 2.75) is 45.4 Å². The van der Waals surface area contributed by atoms with Crippen molar-refractivity contribution < 1.29 is 36.7 Å². The Morgan fingerprint density at radius 3 is 2.60 bits per heavy atom. The number of fused-ring (bicyclic) bond motifs is 1. The second-order valence-corrected chi connectivity index (χ2v) is 11.5.